The number of anilines is 1. The number of rotatable bonds is 6. The summed E-state index contributed by atoms with van der Waals surface area (Å²) in [6.45, 7) is 6.27. The average Bonchev–Trinajstić information content (AvgIpc) is 2.51. The highest BCUT2D eigenvalue weighted by molar-refractivity contribution is 7.94. The zero-order valence-corrected chi connectivity index (χ0v) is 16.6. The maximum absolute atomic E-state index is 13.0. The normalized spacial score (nSPS) is 13.1. The van der Waals surface area contributed by atoms with Crippen LogP contribution in [0.15, 0.2) is 30.4 Å². The zero-order chi connectivity index (χ0) is 22.8. The van der Waals surface area contributed by atoms with Crippen LogP contribution in [0.25, 0.3) is 0 Å². The summed E-state index contributed by atoms with van der Waals surface area (Å²) in [4.78, 5) is 12.3. The van der Waals surface area contributed by atoms with Gasteiger partial charge in [0.05, 0.1) is 21.6 Å². The summed E-state index contributed by atoms with van der Waals surface area (Å²) >= 11 is 0. The molecule has 0 aliphatic carbocycles. The van der Waals surface area contributed by atoms with Crippen LogP contribution >= 0.6 is 0 Å². The highest BCUT2D eigenvalue weighted by Gasteiger charge is 2.34. The molecule has 0 saturated heterocycles. The molecule has 0 spiro atoms. The van der Waals surface area contributed by atoms with Crippen molar-refractivity contribution >= 4 is 21.6 Å². The zero-order valence-electron chi connectivity index (χ0n) is 15.8. The molecule has 0 bridgehead atoms. The lowest BCUT2D eigenvalue weighted by atomic mass is 10.1. The Morgan fingerprint density at radius 1 is 1.07 bits per heavy atom. The highest BCUT2D eigenvalue weighted by atomic mass is 32.2. The van der Waals surface area contributed by atoms with Gasteiger partial charge in [0.2, 0.25) is 10.0 Å². The molecule has 1 amide bonds. The van der Waals surface area contributed by atoms with Gasteiger partial charge in [-0.15, -0.1) is 0 Å². The molecule has 1 aromatic rings. The number of hydrogen-bond donors (Lipinski definition) is 2. The number of benzene rings is 1. The maximum Gasteiger partial charge on any atom is 0.416 e. The number of halogens is 6. The molecule has 12 heteroatoms. The Morgan fingerprint density at radius 3 is 2.07 bits per heavy atom. The van der Waals surface area contributed by atoms with Crippen molar-refractivity contribution in [2.24, 2.45) is 0 Å². The first-order valence-electron chi connectivity index (χ1n) is 8.13. The summed E-state index contributed by atoms with van der Waals surface area (Å²) in [6, 6.07) is 1.78. The SMILES string of the molecule is C=C(CCNC(=O)c1cc(C(F)(F)F)ccc1NS(=O)(=O)C(C)(C)C)C(F)(F)F. The van der Waals surface area contributed by atoms with E-state index in [0.717, 1.165) is 6.07 Å². The molecule has 0 atom stereocenters. The summed E-state index contributed by atoms with van der Waals surface area (Å²) in [6.07, 6.45) is -10.2. The van der Waals surface area contributed by atoms with Gasteiger partial charge in [-0.05, 0) is 45.4 Å². The van der Waals surface area contributed by atoms with Crippen molar-refractivity contribution in [3.63, 3.8) is 0 Å². The predicted molar refractivity (Wildman–Crippen MR) is 95.9 cm³/mol. The van der Waals surface area contributed by atoms with Gasteiger partial charge in [-0.25, -0.2) is 8.42 Å². The van der Waals surface area contributed by atoms with Crippen LogP contribution in [-0.2, 0) is 16.2 Å². The number of carbonyl (C=O) groups is 1. The lowest BCUT2D eigenvalue weighted by molar-refractivity contribution is -0.137. The molecule has 0 fully saturated rings. The second kappa shape index (κ2) is 8.25. The fourth-order valence-electron chi connectivity index (χ4n) is 1.86. The van der Waals surface area contributed by atoms with E-state index in [4.69, 9.17) is 0 Å². The van der Waals surface area contributed by atoms with Crippen LogP contribution in [0.1, 0.15) is 43.1 Å². The molecule has 5 nitrogen and oxygen atoms in total. The van der Waals surface area contributed by atoms with Crippen molar-refractivity contribution in [3.8, 4) is 0 Å². The fourth-order valence-corrected chi connectivity index (χ4v) is 2.63. The molecule has 1 rings (SSSR count). The van der Waals surface area contributed by atoms with Gasteiger partial charge in [0, 0.05) is 12.1 Å². The Balaban J connectivity index is 3.20. The molecule has 29 heavy (non-hydrogen) atoms. The van der Waals surface area contributed by atoms with Crippen molar-refractivity contribution in [1.29, 1.82) is 0 Å². The van der Waals surface area contributed by atoms with Gasteiger partial charge in [0.15, 0.2) is 0 Å². The van der Waals surface area contributed by atoms with Crippen molar-refractivity contribution in [2.45, 2.75) is 44.3 Å². The molecule has 164 valence electrons. The van der Waals surface area contributed by atoms with Crippen molar-refractivity contribution in [3.05, 3.63) is 41.5 Å². The summed E-state index contributed by atoms with van der Waals surface area (Å²) in [5.74, 6) is -1.17. The third kappa shape index (κ3) is 6.65. The molecule has 0 heterocycles. The monoisotopic (exact) mass is 446 g/mol. The van der Waals surface area contributed by atoms with Crippen LogP contribution in [0, 0.1) is 0 Å². The Bertz CT molecular complexity index is 884. The van der Waals surface area contributed by atoms with Gasteiger partial charge < -0.3 is 5.32 Å². The third-order valence-corrected chi connectivity index (χ3v) is 5.86. The largest absolute Gasteiger partial charge is 0.416 e. The number of hydrogen-bond acceptors (Lipinski definition) is 3. The van der Waals surface area contributed by atoms with Gasteiger partial charge in [-0.2, -0.15) is 26.3 Å². The summed E-state index contributed by atoms with van der Waals surface area (Å²) < 4.78 is 101. The molecule has 0 radical (unpaired) electrons. The van der Waals surface area contributed by atoms with Gasteiger partial charge in [-0.1, -0.05) is 6.58 Å². The van der Waals surface area contributed by atoms with E-state index in [0.29, 0.717) is 12.1 Å². The predicted octanol–water partition coefficient (Wildman–Crippen LogP) is 4.48. The van der Waals surface area contributed by atoms with Crippen LogP contribution in [0.4, 0.5) is 32.0 Å². The first-order valence-corrected chi connectivity index (χ1v) is 9.61. The second-order valence-electron chi connectivity index (χ2n) is 7.08. The first kappa shape index (κ1) is 24.8. The van der Waals surface area contributed by atoms with Crippen molar-refractivity contribution in [2.75, 3.05) is 11.3 Å². The molecule has 0 aliphatic heterocycles. The number of carbonyl (C=O) groups excluding carboxylic acids is 1. The number of amides is 1. The van der Waals surface area contributed by atoms with Gasteiger partial charge in [0.1, 0.15) is 0 Å². The Labute approximate surface area is 164 Å². The molecular formula is C17H20F6N2O3S. The summed E-state index contributed by atoms with van der Waals surface area (Å²) in [7, 11) is -4.08. The standard InChI is InChI=1S/C17H20F6N2O3S/c1-10(16(18,19)20)7-8-24-14(26)12-9-11(17(21,22)23)5-6-13(12)25-29(27,28)15(2,3)4/h5-6,9,25H,1,7-8H2,2-4H3,(H,24,26). The molecule has 2 N–H and O–H groups in total. The Kier molecular flexibility index (Phi) is 7.05. The van der Waals surface area contributed by atoms with E-state index in [1.165, 1.54) is 20.8 Å². The lowest BCUT2D eigenvalue weighted by Gasteiger charge is -2.22. The molecule has 0 saturated carbocycles. The smallest absolute Gasteiger partial charge is 0.352 e. The van der Waals surface area contributed by atoms with Gasteiger partial charge in [-0.3, -0.25) is 9.52 Å². The van der Waals surface area contributed by atoms with E-state index >= 15 is 0 Å². The minimum atomic E-state index is -4.82. The lowest BCUT2D eigenvalue weighted by Crippen LogP contribution is -2.35. The van der Waals surface area contributed by atoms with Crippen molar-refractivity contribution < 1.29 is 39.6 Å². The van der Waals surface area contributed by atoms with Crippen molar-refractivity contribution in [1.82, 2.24) is 5.32 Å². The topological polar surface area (TPSA) is 75.3 Å². The molecule has 0 aromatic heterocycles. The molecule has 0 unspecified atom stereocenters. The summed E-state index contributed by atoms with van der Waals surface area (Å²) in [5, 5.41) is 2.04. The van der Waals surface area contributed by atoms with E-state index < -0.39 is 68.4 Å². The maximum atomic E-state index is 13.0. The van der Waals surface area contributed by atoms with E-state index in [-0.39, 0.29) is 0 Å². The number of alkyl halides is 6. The molecule has 1 aromatic carbocycles. The third-order valence-electron chi connectivity index (χ3n) is 3.76. The average molecular weight is 446 g/mol. The van der Waals surface area contributed by atoms with Crippen LogP contribution < -0.4 is 10.0 Å². The minimum Gasteiger partial charge on any atom is -0.352 e. The Morgan fingerprint density at radius 2 is 1.62 bits per heavy atom. The Hall–Kier alpha value is -2.24. The van der Waals surface area contributed by atoms with E-state index in [1.54, 1.807) is 0 Å². The van der Waals surface area contributed by atoms with Gasteiger partial charge >= 0.3 is 12.4 Å². The van der Waals surface area contributed by atoms with Crippen LogP contribution in [0.3, 0.4) is 0 Å². The minimum absolute atomic E-state index is 0.425. The molecule has 0 aliphatic rings. The van der Waals surface area contributed by atoms with E-state index in [2.05, 4.69) is 11.3 Å². The highest BCUT2D eigenvalue weighted by Crippen LogP contribution is 2.33. The number of sulfonamides is 1. The van der Waals surface area contributed by atoms with Crippen LogP contribution in [0.2, 0.25) is 0 Å². The van der Waals surface area contributed by atoms with Gasteiger partial charge in [0.25, 0.3) is 5.91 Å². The second-order valence-corrected chi connectivity index (χ2v) is 9.52. The number of nitrogens with one attached hydrogen (secondary N) is 2. The van der Waals surface area contributed by atoms with Crippen LogP contribution in [0.5, 0.6) is 0 Å². The molecular weight excluding hydrogens is 426 g/mol. The quantitative estimate of drug-likeness (QED) is 0.500. The summed E-state index contributed by atoms with van der Waals surface area (Å²) in [5.41, 5.74) is -3.46. The van der Waals surface area contributed by atoms with Crippen LogP contribution in [-0.4, -0.2) is 31.8 Å². The first-order chi connectivity index (χ1) is 12.9. The van der Waals surface area contributed by atoms with E-state index in [1.807, 2.05) is 5.32 Å². The fraction of sp³-hybridized carbons (Fsp3) is 0.471. The van der Waals surface area contributed by atoms with E-state index in [9.17, 15) is 39.6 Å².